The monoisotopic (exact) mass is 503 g/mol. The van der Waals surface area contributed by atoms with Crippen LogP contribution in [0.4, 0.5) is 0 Å². The minimum Gasteiger partial charge on any atom is -0.461 e. The van der Waals surface area contributed by atoms with Crippen LogP contribution < -0.4 is 0 Å². The van der Waals surface area contributed by atoms with E-state index in [2.05, 4.69) is 32.1 Å². The number of rotatable bonds is 10. The largest absolute Gasteiger partial charge is 0.461 e. The molecule has 204 valence electrons. The van der Waals surface area contributed by atoms with Crippen molar-refractivity contribution in [2.75, 3.05) is 13.1 Å². The first-order valence-corrected chi connectivity index (χ1v) is 14.3. The number of esters is 1. The van der Waals surface area contributed by atoms with Gasteiger partial charge < -0.3 is 19.8 Å². The first-order valence-electron chi connectivity index (χ1n) is 14.3. The van der Waals surface area contributed by atoms with E-state index < -0.39 is 17.6 Å². The zero-order valence-electron chi connectivity index (χ0n) is 23.1. The number of likely N-dealkylation sites (tertiary alicyclic amines) is 1. The Morgan fingerprint density at radius 2 is 1.83 bits per heavy atom. The molecule has 0 spiro atoms. The fourth-order valence-electron chi connectivity index (χ4n) is 6.04. The highest BCUT2D eigenvalue weighted by Crippen LogP contribution is 2.45. The number of amides is 1. The van der Waals surface area contributed by atoms with Crippen LogP contribution in [0.2, 0.25) is 0 Å². The molecule has 1 heterocycles. The lowest BCUT2D eigenvalue weighted by Gasteiger charge is -2.44. The van der Waals surface area contributed by atoms with Gasteiger partial charge in [-0.2, -0.15) is 0 Å². The van der Waals surface area contributed by atoms with Gasteiger partial charge in [0.25, 0.3) is 0 Å². The van der Waals surface area contributed by atoms with E-state index in [0.717, 1.165) is 51.6 Å². The van der Waals surface area contributed by atoms with Crippen molar-refractivity contribution < 1.29 is 24.5 Å². The average Bonchev–Trinajstić information content (AvgIpc) is 2.83. The van der Waals surface area contributed by atoms with E-state index in [1.807, 2.05) is 25.7 Å². The highest BCUT2D eigenvalue weighted by atomic mass is 16.5. The van der Waals surface area contributed by atoms with Crippen molar-refractivity contribution in [3.63, 3.8) is 0 Å². The Morgan fingerprint density at radius 3 is 2.50 bits per heavy atom. The molecule has 0 bridgehead atoms. The summed E-state index contributed by atoms with van der Waals surface area (Å²) in [5.41, 5.74) is 0.735. The molecule has 6 nitrogen and oxygen atoms in total. The van der Waals surface area contributed by atoms with E-state index in [4.69, 9.17) is 4.74 Å². The Balaban J connectivity index is 1.60. The van der Waals surface area contributed by atoms with Crippen LogP contribution in [-0.4, -0.2) is 58.4 Å². The maximum Gasteiger partial charge on any atom is 0.311 e. The van der Waals surface area contributed by atoms with Crippen LogP contribution in [0.25, 0.3) is 0 Å². The second kappa shape index (κ2) is 12.7. The van der Waals surface area contributed by atoms with Gasteiger partial charge in [0.05, 0.1) is 24.0 Å². The van der Waals surface area contributed by atoms with Crippen molar-refractivity contribution in [3.05, 3.63) is 23.8 Å². The zero-order chi connectivity index (χ0) is 26.5. The minimum atomic E-state index is -0.825. The van der Waals surface area contributed by atoms with Gasteiger partial charge in [0.2, 0.25) is 5.91 Å². The number of carbonyl (C=O) groups excluding carboxylic acids is 2. The van der Waals surface area contributed by atoms with E-state index in [1.54, 1.807) is 0 Å². The summed E-state index contributed by atoms with van der Waals surface area (Å²) in [4.78, 5) is 27.3. The molecular weight excluding hydrogens is 454 g/mol. The molecule has 2 aliphatic carbocycles. The molecule has 7 atom stereocenters. The second-order valence-electron chi connectivity index (χ2n) is 12.2. The van der Waals surface area contributed by atoms with Gasteiger partial charge in [-0.05, 0) is 88.5 Å². The van der Waals surface area contributed by atoms with Crippen molar-refractivity contribution in [1.82, 2.24) is 4.90 Å². The van der Waals surface area contributed by atoms with Gasteiger partial charge in [-0.15, -0.1) is 0 Å². The quantitative estimate of drug-likeness (QED) is 0.408. The molecule has 1 saturated heterocycles. The van der Waals surface area contributed by atoms with Gasteiger partial charge in [-0.25, -0.2) is 0 Å². The van der Waals surface area contributed by atoms with Crippen molar-refractivity contribution in [2.24, 2.45) is 29.1 Å². The summed E-state index contributed by atoms with van der Waals surface area (Å²) in [6, 6.07) is 0. The lowest BCUT2D eigenvalue weighted by Crippen LogP contribution is -2.43. The van der Waals surface area contributed by atoms with Crippen LogP contribution in [0.15, 0.2) is 23.8 Å². The number of ether oxygens (including phenoxy) is 1. The molecule has 6 heteroatoms. The maximum absolute atomic E-state index is 13.0. The molecule has 3 rings (SSSR count). The Hall–Kier alpha value is -1.66. The summed E-state index contributed by atoms with van der Waals surface area (Å²) in [5, 5.41) is 21.2. The SMILES string of the molecule is CCC(C)(C)C(=O)O[C@H]1C[C@@H](C)C=C2C=C[C@H](C)[C@H](CC[C@@H](O)C[C@@H](O)CC(=O)N3CCCCC3)[C@H]21. The highest BCUT2D eigenvalue weighted by molar-refractivity contribution is 5.77. The number of fused-ring (bicyclic) bond motifs is 1. The number of hydrogen-bond acceptors (Lipinski definition) is 5. The number of hydrogen-bond donors (Lipinski definition) is 2. The van der Waals surface area contributed by atoms with E-state index >= 15 is 0 Å². The van der Waals surface area contributed by atoms with Crippen LogP contribution in [-0.2, 0) is 14.3 Å². The Kier molecular flexibility index (Phi) is 10.2. The normalized spacial score (nSPS) is 30.2. The molecule has 0 aromatic rings. The van der Waals surface area contributed by atoms with Crippen molar-refractivity contribution in [1.29, 1.82) is 0 Å². The second-order valence-corrected chi connectivity index (χ2v) is 12.2. The van der Waals surface area contributed by atoms with Crippen molar-refractivity contribution in [2.45, 2.75) is 111 Å². The number of allylic oxidation sites excluding steroid dienone is 3. The first-order chi connectivity index (χ1) is 17.0. The Labute approximate surface area is 218 Å². The smallest absolute Gasteiger partial charge is 0.311 e. The van der Waals surface area contributed by atoms with Crippen molar-refractivity contribution >= 4 is 11.9 Å². The van der Waals surface area contributed by atoms with Crippen LogP contribution >= 0.6 is 0 Å². The zero-order valence-corrected chi connectivity index (χ0v) is 23.1. The van der Waals surface area contributed by atoms with Gasteiger partial charge in [-0.1, -0.05) is 39.0 Å². The number of piperidine rings is 1. The molecule has 0 saturated carbocycles. The molecule has 0 unspecified atom stereocenters. The third kappa shape index (κ3) is 7.44. The number of aliphatic hydroxyl groups excluding tert-OH is 2. The number of carbonyl (C=O) groups is 2. The maximum atomic E-state index is 13.0. The fourth-order valence-corrected chi connectivity index (χ4v) is 6.04. The standard InChI is InChI=1S/C30H49NO5/c1-6-30(4,5)29(35)36-26-17-20(2)16-22-11-10-21(3)25(28(22)26)13-12-23(32)18-24(33)19-27(34)31-14-8-7-9-15-31/h10-11,16,20-21,23-26,28,32-33H,6-9,12-15,17-19H2,1-5H3/t20-,21-,23+,24+,25-,26-,28-/m0/s1. The van der Waals surface area contributed by atoms with Crippen LogP contribution in [0.3, 0.4) is 0 Å². The molecular formula is C30H49NO5. The molecule has 3 aliphatic rings. The predicted molar refractivity (Wildman–Crippen MR) is 142 cm³/mol. The lowest BCUT2D eigenvalue weighted by atomic mass is 9.65. The Bertz CT molecular complexity index is 812. The molecule has 0 aromatic carbocycles. The third-order valence-electron chi connectivity index (χ3n) is 8.79. The van der Waals surface area contributed by atoms with Gasteiger partial charge in [0.1, 0.15) is 6.10 Å². The van der Waals surface area contributed by atoms with Gasteiger partial charge in [-0.3, -0.25) is 9.59 Å². The summed E-state index contributed by atoms with van der Waals surface area (Å²) in [6.07, 6.45) is 11.5. The van der Waals surface area contributed by atoms with E-state index in [0.29, 0.717) is 18.3 Å². The predicted octanol–water partition coefficient (Wildman–Crippen LogP) is 5.03. The molecule has 1 amide bonds. The Morgan fingerprint density at radius 1 is 1.14 bits per heavy atom. The molecule has 0 radical (unpaired) electrons. The lowest BCUT2D eigenvalue weighted by molar-refractivity contribution is -0.164. The number of aliphatic hydroxyl groups is 2. The number of nitrogens with zero attached hydrogens (tertiary/aromatic N) is 1. The summed E-state index contributed by atoms with van der Waals surface area (Å²) in [5.74, 6) is 0.875. The summed E-state index contributed by atoms with van der Waals surface area (Å²) in [6.45, 7) is 11.8. The topological polar surface area (TPSA) is 87.1 Å². The van der Waals surface area contributed by atoms with Crippen molar-refractivity contribution in [3.8, 4) is 0 Å². The van der Waals surface area contributed by atoms with Crippen LogP contribution in [0, 0.1) is 29.1 Å². The van der Waals surface area contributed by atoms with Gasteiger partial charge in [0, 0.05) is 19.0 Å². The fraction of sp³-hybridized carbons (Fsp3) is 0.800. The summed E-state index contributed by atoms with van der Waals surface area (Å²) in [7, 11) is 0. The molecule has 0 aromatic heterocycles. The molecule has 1 fully saturated rings. The van der Waals surface area contributed by atoms with Gasteiger partial charge in [0.15, 0.2) is 0 Å². The van der Waals surface area contributed by atoms with E-state index in [9.17, 15) is 19.8 Å². The van der Waals surface area contributed by atoms with Crippen LogP contribution in [0.1, 0.15) is 92.4 Å². The molecule has 2 N–H and O–H groups in total. The van der Waals surface area contributed by atoms with Crippen LogP contribution in [0.5, 0.6) is 0 Å². The minimum absolute atomic E-state index is 0.00814. The van der Waals surface area contributed by atoms with E-state index in [-0.39, 0.29) is 42.7 Å². The van der Waals surface area contributed by atoms with E-state index in [1.165, 1.54) is 5.57 Å². The first kappa shape index (κ1) is 28.9. The molecule has 36 heavy (non-hydrogen) atoms. The molecule has 1 aliphatic heterocycles. The third-order valence-corrected chi connectivity index (χ3v) is 8.79. The summed E-state index contributed by atoms with van der Waals surface area (Å²) < 4.78 is 6.18. The summed E-state index contributed by atoms with van der Waals surface area (Å²) >= 11 is 0. The average molecular weight is 504 g/mol. The van der Waals surface area contributed by atoms with Gasteiger partial charge >= 0.3 is 5.97 Å². The highest BCUT2D eigenvalue weighted by Gasteiger charge is 2.42.